The number of hydrogen-bond acceptors (Lipinski definition) is 6. The van der Waals surface area contributed by atoms with Gasteiger partial charge in [0.15, 0.2) is 0 Å². The molecule has 6 nitrogen and oxygen atoms in total. The fraction of sp³-hybridized carbons (Fsp3) is 0.211. The fourth-order valence-corrected chi connectivity index (χ4v) is 3.08. The Kier molecular flexibility index (Phi) is 6.36. The number of amides is 1. The van der Waals surface area contributed by atoms with Crippen LogP contribution in [0.1, 0.15) is 17.0 Å². The maximum absolute atomic E-state index is 12.1. The smallest absolute Gasteiger partial charge is 0.277 e. The zero-order valence-electron chi connectivity index (χ0n) is 14.9. The number of rotatable bonds is 7. The Morgan fingerprint density at radius 3 is 2.74 bits per heavy atom. The van der Waals surface area contributed by atoms with Gasteiger partial charge in [-0.3, -0.25) is 4.79 Å². The predicted molar refractivity (Wildman–Crippen MR) is 106 cm³/mol. The Hall–Kier alpha value is -2.51. The molecule has 0 bridgehead atoms. The second kappa shape index (κ2) is 8.92. The highest BCUT2D eigenvalue weighted by atomic mass is 35.5. The summed E-state index contributed by atoms with van der Waals surface area (Å²) in [5.74, 6) is 1.28. The van der Waals surface area contributed by atoms with Gasteiger partial charge in [-0.15, -0.1) is 10.2 Å². The monoisotopic (exact) mass is 403 g/mol. The molecule has 0 spiro atoms. The Morgan fingerprint density at radius 1 is 1.22 bits per heavy atom. The van der Waals surface area contributed by atoms with E-state index in [1.54, 1.807) is 19.2 Å². The van der Waals surface area contributed by atoms with E-state index in [2.05, 4.69) is 15.5 Å². The van der Waals surface area contributed by atoms with Crippen molar-refractivity contribution in [3.63, 3.8) is 0 Å². The topological polar surface area (TPSA) is 77.2 Å². The number of nitrogens with zero attached hydrogens (tertiary/aromatic N) is 2. The van der Waals surface area contributed by atoms with Gasteiger partial charge in [-0.05, 0) is 42.3 Å². The van der Waals surface area contributed by atoms with E-state index in [9.17, 15) is 4.79 Å². The zero-order chi connectivity index (χ0) is 19.2. The van der Waals surface area contributed by atoms with Crippen LogP contribution in [0.15, 0.2) is 52.1 Å². The van der Waals surface area contributed by atoms with Crippen molar-refractivity contribution in [1.82, 2.24) is 10.2 Å². The van der Waals surface area contributed by atoms with Crippen LogP contribution in [-0.4, -0.2) is 29.0 Å². The third-order valence-electron chi connectivity index (χ3n) is 3.76. The Balaban J connectivity index is 1.52. The molecule has 0 unspecified atom stereocenters. The van der Waals surface area contributed by atoms with Gasteiger partial charge in [-0.2, -0.15) is 0 Å². The maximum atomic E-state index is 12.1. The fourth-order valence-electron chi connectivity index (χ4n) is 2.33. The molecule has 0 aliphatic carbocycles. The highest BCUT2D eigenvalue weighted by Crippen LogP contribution is 2.22. The van der Waals surface area contributed by atoms with Crippen molar-refractivity contribution in [1.29, 1.82) is 0 Å². The molecule has 1 N–H and O–H groups in total. The van der Waals surface area contributed by atoms with Gasteiger partial charge in [-0.25, -0.2) is 0 Å². The summed E-state index contributed by atoms with van der Waals surface area (Å²) in [6.07, 6.45) is 0.519. The molecular formula is C19H18ClN3O3S. The molecule has 27 heavy (non-hydrogen) atoms. The van der Waals surface area contributed by atoms with Crippen LogP contribution >= 0.6 is 23.4 Å². The van der Waals surface area contributed by atoms with Crippen LogP contribution in [0.2, 0.25) is 5.02 Å². The second-order valence-corrected chi connectivity index (χ2v) is 7.15. The molecule has 0 atom stereocenters. The molecule has 8 heteroatoms. The van der Waals surface area contributed by atoms with Crippen molar-refractivity contribution < 1.29 is 13.9 Å². The van der Waals surface area contributed by atoms with Gasteiger partial charge in [-0.1, -0.05) is 41.6 Å². The molecule has 3 rings (SSSR count). The van der Waals surface area contributed by atoms with Crippen molar-refractivity contribution in [2.45, 2.75) is 18.6 Å². The molecule has 1 heterocycles. The number of anilines is 1. The van der Waals surface area contributed by atoms with E-state index >= 15 is 0 Å². The average molecular weight is 404 g/mol. The molecule has 0 aliphatic heterocycles. The van der Waals surface area contributed by atoms with Gasteiger partial charge in [0.05, 0.1) is 19.3 Å². The lowest BCUT2D eigenvalue weighted by atomic mass is 10.1. The normalized spacial score (nSPS) is 10.6. The number of nitrogens with one attached hydrogen (secondary N) is 1. The number of hydrogen-bond donors (Lipinski definition) is 1. The summed E-state index contributed by atoms with van der Waals surface area (Å²) >= 11 is 7.15. The van der Waals surface area contributed by atoms with Gasteiger partial charge in [0, 0.05) is 10.7 Å². The van der Waals surface area contributed by atoms with E-state index in [0.29, 0.717) is 28.2 Å². The molecule has 1 amide bonds. The number of ether oxygens (including phenoxy) is 1. The van der Waals surface area contributed by atoms with Crippen molar-refractivity contribution in [3.8, 4) is 5.75 Å². The van der Waals surface area contributed by atoms with E-state index in [-0.39, 0.29) is 11.7 Å². The molecule has 140 valence electrons. The number of methoxy groups -OCH3 is 1. The van der Waals surface area contributed by atoms with Gasteiger partial charge >= 0.3 is 0 Å². The molecule has 3 aromatic rings. The Bertz CT molecular complexity index is 928. The summed E-state index contributed by atoms with van der Waals surface area (Å²) in [6, 6.07) is 13.0. The number of thioether (sulfide) groups is 1. The third kappa shape index (κ3) is 5.48. The Morgan fingerprint density at radius 2 is 2.00 bits per heavy atom. The van der Waals surface area contributed by atoms with Crippen molar-refractivity contribution in [2.75, 3.05) is 18.2 Å². The largest absolute Gasteiger partial charge is 0.497 e. The van der Waals surface area contributed by atoms with E-state index < -0.39 is 0 Å². The summed E-state index contributed by atoms with van der Waals surface area (Å²) in [4.78, 5) is 12.1. The lowest BCUT2D eigenvalue weighted by molar-refractivity contribution is -0.113. The van der Waals surface area contributed by atoms with Crippen LogP contribution in [0.25, 0.3) is 0 Å². The first-order valence-corrected chi connectivity index (χ1v) is 9.54. The first-order valence-electron chi connectivity index (χ1n) is 8.17. The quantitative estimate of drug-likeness (QED) is 0.590. The highest BCUT2D eigenvalue weighted by molar-refractivity contribution is 7.99. The van der Waals surface area contributed by atoms with Crippen LogP contribution < -0.4 is 10.1 Å². The molecule has 0 radical (unpaired) electrons. The van der Waals surface area contributed by atoms with E-state index in [1.807, 2.05) is 37.3 Å². The summed E-state index contributed by atoms with van der Waals surface area (Å²) < 4.78 is 10.7. The molecule has 0 saturated heterocycles. The minimum Gasteiger partial charge on any atom is -0.497 e. The first kappa shape index (κ1) is 19.3. The van der Waals surface area contributed by atoms with Crippen molar-refractivity contribution in [3.05, 3.63) is 64.5 Å². The first-order chi connectivity index (χ1) is 13.0. The lowest BCUT2D eigenvalue weighted by Gasteiger charge is -2.07. The summed E-state index contributed by atoms with van der Waals surface area (Å²) in [5, 5.41) is 11.8. The van der Waals surface area contributed by atoms with Gasteiger partial charge in [0.25, 0.3) is 5.22 Å². The summed E-state index contributed by atoms with van der Waals surface area (Å²) in [5.41, 5.74) is 2.67. The van der Waals surface area contributed by atoms with Crippen molar-refractivity contribution in [2.24, 2.45) is 0 Å². The van der Waals surface area contributed by atoms with Crippen LogP contribution in [-0.2, 0) is 11.2 Å². The molecule has 0 fully saturated rings. The van der Waals surface area contributed by atoms with E-state index in [0.717, 1.165) is 16.9 Å². The van der Waals surface area contributed by atoms with Crippen LogP contribution in [0.5, 0.6) is 5.75 Å². The van der Waals surface area contributed by atoms with Crippen LogP contribution in [0.4, 0.5) is 5.69 Å². The number of benzene rings is 2. The minimum atomic E-state index is -0.166. The summed E-state index contributed by atoms with van der Waals surface area (Å²) in [7, 11) is 1.63. The zero-order valence-corrected chi connectivity index (χ0v) is 16.4. The SMILES string of the molecule is COc1ccc(Cc2nnc(SCC(=O)Nc3cc(Cl)ccc3C)o2)cc1. The Labute approximate surface area is 166 Å². The van der Waals surface area contributed by atoms with Gasteiger partial charge in [0.2, 0.25) is 11.8 Å². The van der Waals surface area contributed by atoms with Gasteiger partial charge in [0.1, 0.15) is 5.75 Å². The average Bonchev–Trinajstić information content (AvgIpc) is 3.11. The number of carbonyl (C=O) groups is 1. The predicted octanol–water partition coefficient (Wildman–Crippen LogP) is 4.36. The third-order valence-corrected chi connectivity index (χ3v) is 4.82. The second-order valence-electron chi connectivity index (χ2n) is 5.78. The van der Waals surface area contributed by atoms with Crippen LogP contribution in [0, 0.1) is 6.92 Å². The van der Waals surface area contributed by atoms with E-state index in [4.69, 9.17) is 20.8 Å². The summed E-state index contributed by atoms with van der Waals surface area (Å²) in [6.45, 7) is 1.91. The van der Waals surface area contributed by atoms with Gasteiger partial charge < -0.3 is 14.5 Å². The molecule has 2 aromatic carbocycles. The number of aryl methyl sites for hydroxylation is 1. The molecule has 1 aromatic heterocycles. The highest BCUT2D eigenvalue weighted by Gasteiger charge is 2.11. The van der Waals surface area contributed by atoms with Crippen molar-refractivity contribution >= 4 is 35.0 Å². The number of aromatic nitrogens is 2. The number of carbonyl (C=O) groups excluding carboxylic acids is 1. The molecule has 0 aliphatic rings. The lowest BCUT2D eigenvalue weighted by Crippen LogP contribution is -2.14. The standard InChI is InChI=1S/C19H18ClN3O3S/c1-12-3-6-14(20)10-16(12)21-17(24)11-27-19-23-22-18(26-19)9-13-4-7-15(25-2)8-5-13/h3-8,10H,9,11H2,1-2H3,(H,21,24). The maximum Gasteiger partial charge on any atom is 0.277 e. The minimum absolute atomic E-state index is 0.163. The molecular weight excluding hydrogens is 386 g/mol. The number of halogens is 1. The van der Waals surface area contributed by atoms with Crippen LogP contribution in [0.3, 0.4) is 0 Å². The molecule has 0 saturated carbocycles. The van der Waals surface area contributed by atoms with E-state index in [1.165, 1.54) is 11.8 Å².